The summed E-state index contributed by atoms with van der Waals surface area (Å²) in [6, 6.07) is 6.61. The minimum atomic E-state index is 0.113. The summed E-state index contributed by atoms with van der Waals surface area (Å²) in [6.45, 7) is 2.02. The van der Waals surface area contributed by atoms with Crippen LogP contribution in [0.3, 0.4) is 0 Å². The molecule has 0 bridgehead atoms. The molecule has 3 heteroatoms. The van der Waals surface area contributed by atoms with Gasteiger partial charge in [0.15, 0.2) is 0 Å². The van der Waals surface area contributed by atoms with E-state index in [0.717, 1.165) is 5.25 Å². The highest BCUT2D eigenvalue weighted by Gasteiger charge is 2.17. The van der Waals surface area contributed by atoms with Gasteiger partial charge in [0, 0.05) is 20.7 Å². The normalized spacial score (nSPS) is 18.9. The van der Waals surface area contributed by atoms with Gasteiger partial charge >= 0.3 is 0 Å². The maximum absolute atomic E-state index is 5.87. The summed E-state index contributed by atoms with van der Waals surface area (Å²) in [5.41, 5.74) is 7.07. The Labute approximate surface area is 110 Å². The average molecular weight is 300 g/mol. The molecule has 1 unspecified atom stereocenters. The quantitative estimate of drug-likeness (QED) is 0.889. The molecule has 0 amide bonds. The first-order valence-corrected chi connectivity index (χ1v) is 7.56. The van der Waals surface area contributed by atoms with Crippen molar-refractivity contribution in [1.29, 1.82) is 0 Å². The fourth-order valence-corrected chi connectivity index (χ4v) is 4.00. The third kappa shape index (κ3) is 3.02. The lowest BCUT2D eigenvalue weighted by atomic mass is 10.1. The molecular weight excluding hydrogens is 282 g/mol. The lowest BCUT2D eigenvalue weighted by Gasteiger charge is -2.12. The Kier molecular flexibility index (Phi) is 4.34. The largest absolute Gasteiger partial charge is 0.324 e. The molecule has 1 fully saturated rings. The molecule has 1 nitrogen and oxygen atoms in total. The second kappa shape index (κ2) is 5.56. The second-order valence-electron chi connectivity index (χ2n) is 4.50. The Hall–Kier alpha value is 0.01000. The predicted octanol–water partition coefficient (Wildman–Crippen LogP) is 4.50. The molecule has 1 atom stereocenters. The van der Waals surface area contributed by atoms with Crippen LogP contribution in [0.2, 0.25) is 0 Å². The monoisotopic (exact) mass is 299 g/mol. The topological polar surface area (TPSA) is 26.0 Å². The maximum atomic E-state index is 5.87. The lowest BCUT2D eigenvalue weighted by molar-refractivity contribution is 0.815. The van der Waals surface area contributed by atoms with Crippen molar-refractivity contribution in [3.63, 3.8) is 0 Å². The number of rotatable bonds is 3. The van der Waals surface area contributed by atoms with Crippen LogP contribution in [0, 0.1) is 0 Å². The van der Waals surface area contributed by atoms with Gasteiger partial charge in [-0.3, -0.25) is 0 Å². The fourth-order valence-electron chi connectivity index (χ4n) is 2.08. The zero-order valence-corrected chi connectivity index (χ0v) is 12.0. The fraction of sp³-hybridized carbons (Fsp3) is 0.538. The minimum absolute atomic E-state index is 0.113. The zero-order chi connectivity index (χ0) is 11.5. The van der Waals surface area contributed by atoms with Gasteiger partial charge in [0.2, 0.25) is 0 Å². The van der Waals surface area contributed by atoms with E-state index in [9.17, 15) is 0 Å². The molecule has 0 spiro atoms. The van der Waals surface area contributed by atoms with Crippen LogP contribution in [0.25, 0.3) is 0 Å². The van der Waals surface area contributed by atoms with Crippen LogP contribution in [-0.2, 0) is 0 Å². The third-order valence-corrected chi connectivity index (χ3v) is 5.41. The van der Waals surface area contributed by atoms with Crippen molar-refractivity contribution >= 4 is 27.7 Å². The number of thioether (sulfide) groups is 1. The summed E-state index contributed by atoms with van der Waals surface area (Å²) >= 11 is 5.66. The molecule has 1 aromatic carbocycles. The molecule has 1 aliphatic carbocycles. The highest BCUT2D eigenvalue weighted by molar-refractivity contribution is 9.10. The molecule has 0 radical (unpaired) electrons. The Morgan fingerprint density at radius 2 is 2.06 bits per heavy atom. The summed E-state index contributed by atoms with van der Waals surface area (Å²) in [6.07, 6.45) is 5.53. The standard InChI is InChI=1S/C13H18BrNS/c1-9(15)10-6-7-13(12(14)8-10)16-11-4-2-3-5-11/h6-9,11H,2-5,15H2,1H3. The van der Waals surface area contributed by atoms with Gasteiger partial charge < -0.3 is 5.73 Å². The molecule has 2 rings (SSSR count). The molecule has 2 N–H and O–H groups in total. The summed E-state index contributed by atoms with van der Waals surface area (Å²) in [7, 11) is 0. The molecule has 0 heterocycles. The van der Waals surface area contributed by atoms with Gasteiger partial charge in [0.1, 0.15) is 0 Å². The van der Waals surface area contributed by atoms with E-state index in [0.29, 0.717) is 0 Å². The van der Waals surface area contributed by atoms with Crippen molar-refractivity contribution in [3.8, 4) is 0 Å². The van der Waals surface area contributed by atoms with Crippen molar-refractivity contribution < 1.29 is 0 Å². The van der Waals surface area contributed by atoms with E-state index >= 15 is 0 Å². The Morgan fingerprint density at radius 3 is 2.62 bits per heavy atom. The molecule has 16 heavy (non-hydrogen) atoms. The molecule has 1 aromatic rings. The van der Waals surface area contributed by atoms with Crippen molar-refractivity contribution in [3.05, 3.63) is 28.2 Å². The maximum Gasteiger partial charge on any atom is 0.0314 e. The van der Waals surface area contributed by atoms with Gasteiger partial charge in [-0.05, 0) is 53.4 Å². The van der Waals surface area contributed by atoms with E-state index in [2.05, 4.69) is 34.1 Å². The van der Waals surface area contributed by atoms with Crippen molar-refractivity contribution in [2.75, 3.05) is 0 Å². The Bertz CT molecular complexity index is 359. The molecule has 88 valence electrons. The van der Waals surface area contributed by atoms with E-state index in [1.807, 2.05) is 18.7 Å². The average Bonchev–Trinajstić information content (AvgIpc) is 2.73. The molecule has 0 saturated heterocycles. The Balaban J connectivity index is 2.09. The van der Waals surface area contributed by atoms with Gasteiger partial charge in [-0.2, -0.15) is 0 Å². The van der Waals surface area contributed by atoms with Crippen LogP contribution in [0.1, 0.15) is 44.2 Å². The summed E-state index contributed by atoms with van der Waals surface area (Å²) in [5, 5.41) is 0.817. The van der Waals surface area contributed by atoms with Crippen LogP contribution in [0.4, 0.5) is 0 Å². The molecule has 1 aliphatic rings. The van der Waals surface area contributed by atoms with Gasteiger partial charge in [0.25, 0.3) is 0 Å². The molecule has 0 aliphatic heterocycles. The second-order valence-corrected chi connectivity index (χ2v) is 6.70. The summed E-state index contributed by atoms with van der Waals surface area (Å²) < 4.78 is 1.19. The molecule has 0 aromatic heterocycles. The summed E-state index contributed by atoms with van der Waals surface area (Å²) in [5.74, 6) is 0. The number of halogens is 1. The van der Waals surface area contributed by atoms with Gasteiger partial charge in [-0.15, -0.1) is 11.8 Å². The van der Waals surface area contributed by atoms with E-state index in [-0.39, 0.29) is 6.04 Å². The smallest absolute Gasteiger partial charge is 0.0314 e. The van der Waals surface area contributed by atoms with E-state index < -0.39 is 0 Å². The zero-order valence-electron chi connectivity index (χ0n) is 9.58. The molecule has 1 saturated carbocycles. The first kappa shape index (κ1) is 12.5. The Morgan fingerprint density at radius 1 is 1.38 bits per heavy atom. The van der Waals surface area contributed by atoms with E-state index in [1.165, 1.54) is 40.6 Å². The van der Waals surface area contributed by atoms with Crippen LogP contribution in [0.15, 0.2) is 27.6 Å². The minimum Gasteiger partial charge on any atom is -0.324 e. The predicted molar refractivity (Wildman–Crippen MR) is 74.9 cm³/mol. The van der Waals surface area contributed by atoms with Gasteiger partial charge in [0.05, 0.1) is 0 Å². The lowest BCUT2D eigenvalue weighted by Crippen LogP contribution is -2.04. The first-order valence-electron chi connectivity index (χ1n) is 5.88. The van der Waals surface area contributed by atoms with Gasteiger partial charge in [-0.1, -0.05) is 18.9 Å². The third-order valence-electron chi connectivity index (χ3n) is 3.08. The number of hydrogen-bond acceptors (Lipinski definition) is 2. The van der Waals surface area contributed by atoms with Crippen LogP contribution in [0.5, 0.6) is 0 Å². The SMILES string of the molecule is CC(N)c1ccc(SC2CCCC2)c(Br)c1. The number of benzene rings is 1. The van der Waals surface area contributed by atoms with Gasteiger partial charge in [-0.25, -0.2) is 0 Å². The summed E-state index contributed by atoms with van der Waals surface area (Å²) in [4.78, 5) is 1.36. The van der Waals surface area contributed by atoms with Crippen molar-refractivity contribution in [2.45, 2.75) is 48.8 Å². The highest BCUT2D eigenvalue weighted by atomic mass is 79.9. The van der Waals surface area contributed by atoms with Crippen molar-refractivity contribution in [2.24, 2.45) is 5.73 Å². The van der Waals surface area contributed by atoms with Crippen LogP contribution < -0.4 is 5.73 Å². The van der Waals surface area contributed by atoms with E-state index in [1.54, 1.807) is 0 Å². The van der Waals surface area contributed by atoms with Crippen LogP contribution in [-0.4, -0.2) is 5.25 Å². The van der Waals surface area contributed by atoms with E-state index in [4.69, 9.17) is 5.73 Å². The number of hydrogen-bond donors (Lipinski definition) is 1. The highest BCUT2D eigenvalue weighted by Crippen LogP contribution is 2.38. The van der Waals surface area contributed by atoms with Crippen molar-refractivity contribution in [1.82, 2.24) is 0 Å². The molecular formula is C13H18BrNS. The van der Waals surface area contributed by atoms with Crippen LogP contribution >= 0.6 is 27.7 Å². The first-order chi connectivity index (χ1) is 7.66. The number of nitrogens with two attached hydrogens (primary N) is 1.